The van der Waals surface area contributed by atoms with Crippen LogP contribution in [0.5, 0.6) is 0 Å². The molecule has 0 saturated carbocycles. The van der Waals surface area contributed by atoms with Crippen LogP contribution in [0, 0.1) is 5.92 Å². The van der Waals surface area contributed by atoms with Crippen molar-refractivity contribution < 1.29 is 19.8 Å². The fraction of sp³-hybridized carbons (Fsp3) is 0.867. The van der Waals surface area contributed by atoms with Crippen LogP contribution in [0.3, 0.4) is 0 Å². The third kappa shape index (κ3) is 7.48. The Bertz CT molecular complexity index is 287. The van der Waals surface area contributed by atoms with E-state index in [1.807, 2.05) is 0 Å². The van der Waals surface area contributed by atoms with E-state index in [4.69, 9.17) is 10.2 Å². The van der Waals surface area contributed by atoms with Gasteiger partial charge >= 0.3 is 11.9 Å². The maximum absolute atomic E-state index is 9.90. The van der Waals surface area contributed by atoms with Gasteiger partial charge in [-0.3, -0.25) is 9.59 Å². The number of nitrogens with zero attached hydrogens (tertiary/aromatic N) is 1. The highest BCUT2D eigenvalue weighted by Crippen LogP contribution is 2.30. The van der Waals surface area contributed by atoms with Crippen molar-refractivity contribution >= 4 is 11.9 Å². The second kappa shape index (κ2) is 8.95. The van der Waals surface area contributed by atoms with Gasteiger partial charge in [0.1, 0.15) is 0 Å². The molecule has 1 saturated heterocycles. The number of hydrogen-bond donors (Lipinski definition) is 2. The lowest BCUT2D eigenvalue weighted by Crippen LogP contribution is -2.49. The third-order valence-corrected chi connectivity index (χ3v) is 4.35. The number of carboxylic acid groups (broad SMARTS) is 2. The number of hydrogen-bond acceptors (Lipinski definition) is 3. The zero-order chi connectivity index (χ0) is 15.8. The molecular formula is C15H29NO4. The Hall–Kier alpha value is -1.10. The van der Waals surface area contributed by atoms with Crippen molar-refractivity contribution in [2.24, 2.45) is 5.92 Å². The van der Waals surface area contributed by atoms with Crippen LogP contribution in [0.25, 0.3) is 0 Å². The molecule has 1 heterocycles. The summed E-state index contributed by atoms with van der Waals surface area (Å²) in [4.78, 5) is 22.3. The smallest absolute Gasteiger partial charge is 0.303 e. The lowest BCUT2D eigenvalue weighted by molar-refractivity contribution is -0.139. The Balaban J connectivity index is 0.000000361. The van der Waals surface area contributed by atoms with Crippen LogP contribution in [-0.2, 0) is 9.59 Å². The molecule has 0 aromatic rings. The van der Waals surface area contributed by atoms with Crippen molar-refractivity contribution in [3.63, 3.8) is 0 Å². The molecule has 20 heavy (non-hydrogen) atoms. The minimum atomic E-state index is -0.870. The summed E-state index contributed by atoms with van der Waals surface area (Å²) in [6.07, 6.45) is 3.79. The number of rotatable bonds is 5. The van der Waals surface area contributed by atoms with E-state index in [1.165, 1.54) is 19.4 Å². The van der Waals surface area contributed by atoms with Gasteiger partial charge in [-0.1, -0.05) is 6.92 Å². The van der Waals surface area contributed by atoms with E-state index in [1.54, 1.807) is 0 Å². The molecule has 0 bridgehead atoms. The van der Waals surface area contributed by atoms with Gasteiger partial charge in [0.25, 0.3) is 0 Å². The van der Waals surface area contributed by atoms with Crippen LogP contribution < -0.4 is 0 Å². The normalized spacial score (nSPS) is 21.7. The Morgan fingerprint density at radius 2 is 1.60 bits per heavy atom. The van der Waals surface area contributed by atoms with Crippen molar-refractivity contribution in [1.82, 2.24) is 4.90 Å². The van der Waals surface area contributed by atoms with E-state index in [9.17, 15) is 9.59 Å². The number of carboxylic acids is 2. The first kappa shape index (κ1) is 18.9. The summed E-state index contributed by atoms with van der Waals surface area (Å²) in [5.74, 6) is -0.887. The lowest BCUT2D eigenvalue weighted by atomic mass is 9.81. The first-order chi connectivity index (χ1) is 9.17. The van der Waals surface area contributed by atoms with Crippen molar-refractivity contribution in [3.8, 4) is 0 Å². The molecular weight excluding hydrogens is 258 g/mol. The molecule has 1 fully saturated rings. The maximum Gasteiger partial charge on any atom is 0.303 e. The molecule has 0 aliphatic carbocycles. The van der Waals surface area contributed by atoms with Gasteiger partial charge in [-0.05, 0) is 59.0 Å². The minimum absolute atomic E-state index is 0.0628. The Kier molecular flexibility index (Phi) is 8.46. The largest absolute Gasteiger partial charge is 0.481 e. The minimum Gasteiger partial charge on any atom is -0.481 e. The summed E-state index contributed by atoms with van der Waals surface area (Å²) in [5.41, 5.74) is 0.429. The van der Waals surface area contributed by atoms with Crippen LogP contribution in [0.4, 0.5) is 0 Å². The van der Waals surface area contributed by atoms with Crippen molar-refractivity contribution in [3.05, 3.63) is 0 Å². The fourth-order valence-electron chi connectivity index (χ4n) is 2.20. The zero-order valence-corrected chi connectivity index (χ0v) is 13.2. The van der Waals surface area contributed by atoms with Crippen molar-refractivity contribution in [2.75, 3.05) is 13.6 Å². The van der Waals surface area contributed by atoms with Gasteiger partial charge in [-0.15, -0.1) is 0 Å². The average molecular weight is 287 g/mol. The molecule has 1 atom stereocenters. The SMILES string of the molecule is CC1CCCN(C)C1(C)C.O=C(O)CCCCC(=O)O. The first-order valence-corrected chi connectivity index (χ1v) is 7.32. The molecule has 5 nitrogen and oxygen atoms in total. The predicted octanol–water partition coefficient (Wildman–Crippen LogP) is 2.84. The van der Waals surface area contributed by atoms with Gasteiger partial charge in [0.05, 0.1) is 0 Å². The van der Waals surface area contributed by atoms with Gasteiger partial charge in [0.2, 0.25) is 0 Å². The Morgan fingerprint density at radius 1 is 1.15 bits per heavy atom. The first-order valence-electron chi connectivity index (χ1n) is 7.32. The molecule has 0 aromatic heterocycles. The molecule has 2 N–H and O–H groups in total. The molecule has 1 aliphatic rings. The molecule has 0 aromatic carbocycles. The standard InChI is InChI=1S/C9H19N.C6H10O4/c1-8-6-5-7-10(4)9(8,2)3;7-5(8)3-1-2-4-6(9)10/h8H,5-7H2,1-4H3;1-4H2,(H,7,8)(H,9,10). The summed E-state index contributed by atoms with van der Waals surface area (Å²) in [7, 11) is 2.23. The number of piperidine rings is 1. The quantitative estimate of drug-likeness (QED) is 0.760. The van der Waals surface area contributed by atoms with Crippen LogP contribution in [0.2, 0.25) is 0 Å². The number of unbranched alkanes of at least 4 members (excludes halogenated alkanes) is 1. The summed E-state index contributed by atoms with van der Waals surface area (Å²) in [6, 6.07) is 0. The van der Waals surface area contributed by atoms with Crippen LogP contribution >= 0.6 is 0 Å². The molecule has 1 unspecified atom stereocenters. The van der Waals surface area contributed by atoms with E-state index in [-0.39, 0.29) is 12.8 Å². The highest BCUT2D eigenvalue weighted by Gasteiger charge is 2.32. The zero-order valence-electron chi connectivity index (χ0n) is 13.2. The predicted molar refractivity (Wildman–Crippen MR) is 78.8 cm³/mol. The van der Waals surface area contributed by atoms with E-state index in [0.717, 1.165) is 5.92 Å². The van der Waals surface area contributed by atoms with Crippen molar-refractivity contribution in [1.29, 1.82) is 0 Å². The molecule has 1 aliphatic heterocycles. The van der Waals surface area contributed by atoms with Crippen LogP contribution in [-0.4, -0.2) is 46.2 Å². The lowest BCUT2D eigenvalue weighted by Gasteiger charge is -2.44. The molecule has 0 spiro atoms. The van der Waals surface area contributed by atoms with Gasteiger partial charge in [0.15, 0.2) is 0 Å². The summed E-state index contributed by atoms with van der Waals surface area (Å²) in [5, 5.41) is 16.3. The number of carbonyl (C=O) groups is 2. The van der Waals surface area contributed by atoms with E-state index < -0.39 is 11.9 Å². The Morgan fingerprint density at radius 3 is 1.90 bits per heavy atom. The van der Waals surface area contributed by atoms with Gasteiger partial charge in [-0.25, -0.2) is 0 Å². The number of likely N-dealkylation sites (tertiary alicyclic amines) is 1. The Labute approximate surface area is 122 Å². The molecule has 5 heteroatoms. The van der Waals surface area contributed by atoms with Gasteiger partial charge < -0.3 is 15.1 Å². The second-order valence-electron chi connectivity index (χ2n) is 6.11. The highest BCUT2D eigenvalue weighted by molar-refractivity contribution is 5.67. The topological polar surface area (TPSA) is 77.8 Å². The molecule has 0 radical (unpaired) electrons. The molecule has 0 amide bonds. The van der Waals surface area contributed by atoms with E-state index >= 15 is 0 Å². The molecule has 1 rings (SSSR count). The fourth-order valence-corrected chi connectivity index (χ4v) is 2.20. The number of aliphatic carboxylic acids is 2. The summed E-state index contributed by atoms with van der Waals surface area (Å²) < 4.78 is 0. The molecule has 118 valence electrons. The highest BCUT2D eigenvalue weighted by atomic mass is 16.4. The van der Waals surface area contributed by atoms with E-state index in [2.05, 4.69) is 32.7 Å². The van der Waals surface area contributed by atoms with Gasteiger partial charge in [0, 0.05) is 18.4 Å². The van der Waals surface area contributed by atoms with Crippen molar-refractivity contribution in [2.45, 2.75) is 64.8 Å². The second-order valence-corrected chi connectivity index (χ2v) is 6.11. The maximum atomic E-state index is 9.90. The van der Waals surface area contributed by atoms with Gasteiger partial charge in [-0.2, -0.15) is 0 Å². The van der Waals surface area contributed by atoms with Crippen LogP contribution in [0.1, 0.15) is 59.3 Å². The summed E-state index contributed by atoms with van der Waals surface area (Å²) in [6.45, 7) is 8.32. The van der Waals surface area contributed by atoms with Crippen LogP contribution in [0.15, 0.2) is 0 Å². The summed E-state index contributed by atoms with van der Waals surface area (Å²) >= 11 is 0. The monoisotopic (exact) mass is 287 g/mol. The average Bonchev–Trinajstić information content (AvgIpc) is 2.33. The van der Waals surface area contributed by atoms with E-state index in [0.29, 0.717) is 18.4 Å². The third-order valence-electron chi connectivity index (χ3n) is 4.35.